The third-order valence-electron chi connectivity index (χ3n) is 4.10. The Morgan fingerprint density at radius 1 is 0.931 bits per heavy atom. The molecule has 2 N–H and O–H groups in total. The monoisotopic (exact) mass is 428 g/mol. The predicted octanol–water partition coefficient (Wildman–Crippen LogP) is 4.47. The van der Waals surface area contributed by atoms with E-state index in [-0.39, 0.29) is 10.8 Å². The van der Waals surface area contributed by atoms with Crippen LogP contribution in [-0.2, 0) is 10.0 Å². The Labute approximate surface area is 174 Å². The molecule has 0 aliphatic carbocycles. The highest BCUT2D eigenvalue weighted by atomic mass is 32.2. The average Bonchev–Trinajstić information content (AvgIpc) is 2.74. The quantitative estimate of drug-likeness (QED) is 0.543. The van der Waals surface area contributed by atoms with Crippen molar-refractivity contribution in [3.05, 3.63) is 78.4 Å². The maximum Gasteiger partial charge on any atom is 0.261 e. The Bertz CT molecular complexity index is 1100. The number of carbonyl (C=O) groups excluding carboxylic acids is 1. The molecule has 6 nitrogen and oxygen atoms in total. The molecule has 0 aliphatic rings. The second-order valence-electron chi connectivity index (χ2n) is 6.04. The molecule has 0 saturated carbocycles. The van der Waals surface area contributed by atoms with Crippen molar-refractivity contribution in [1.82, 2.24) is 0 Å². The van der Waals surface area contributed by atoms with Crippen LogP contribution in [0.1, 0.15) is 10.4 Å². The van der Waals surface area contributed by atoms with Gasteiger partial charge in [-0.05, 0) is 73.0 Å². The van der Waals surface area contributed by atoms with E-state index in [0.29, 0.717) is 22.7 Å². The van der Waals surface area contributed by atoms with Crippen LogP contribution in [0.3, 0.4) is 0 Å². The number of hydrogen-bond acceptors (Lipinski definition) is 5. The molecular weight excluding hydrogens is 408 g/mol. The number of sulfonamides is 1. The molecule has 3 aromatic rings. The van der Waals surface area contributed by atoms with E-state index >= 15 is 0 Å². The largest absolute Gasteiger partial charge is 0.497 e. The molecule has 0 fully saturated rings. The van der Waals surface area contributed by atoms with E-state index in [1.165, 1.54) is 19.2 Å². The fourth-order valence-electron chi connectivity index (χ4n) is 2.56. The highest BCUT2D eigenvalue weighted by Crippen LogP contribution is 2.21. The molecule has 8 heteroatoms. The van der Waals surface area contributed by atoms with E-state index in [1.54, 1.807) is 48.2 Å². The molecule has 0 heterocycles. The van der Waals surface area contributed by atoms with Crippen LogP contribution in [0.25, 0.3) is 0 Å². The Kier molecular flexibility index (Phi) is 6.46. The van der Waals surface area contributed by atoms with Crippen LogP contribution in [-0.4, -0.2) is 27.7 Å². The van der Waals surface area contributed by atoms with Crippen molar-refractivity contribution in [1.29, 1.82) is 0 Å². The molecule has 0 aromatic heterocycles. The molecule has 0 aliphatic heterocycles. The van der Waals surface area contributed by atoms with E-state index < -0.39 is 10.0 Å². The van der Waals surface area contributed by atoms with Gasteiger partial charge in [-0.25, -0.2) is 8.42 Å². The lowest BCUT2D eigenvalue weighted by Gasteiger charge is -2.10. The molecule has 0 radical (unpaired) electrons. The number of rotatable bonds is 7. The van der Waals surface area contributed by atoms with Crippen LogP contribution in [0, 0.1) is 0 Å². The Morgan fingerprint density at radius 2 is 1.62 bits per heavy atom. The molecule has 29 heavy (non-hydrogen) atoms. The van der Waals surface area contributed by atoms with E-state index in [4.69, 9.17) is 4.74 Å². The van der Waals surface area contributed by atoms with Crippen molar-refractivity contribution >= 4 is 39.1 Å². The molecule has 3 rings (SSSR count). The summed E-state index contributed by atoms with van der Waals surface area (Å²) in [6, 6.07) is 19.9. The summed E-state index contributed by atoms with van der Waals surface area (Å²) in [5, 5.41) is 2.83. The molecule has 0 unspecified atom stereocenters. The van der Waals surface area contributed by atoms with Gasteiger partial charge in [0.2, 0.25) is 0 Å². The molecule has 0 bridgehead atoms. The summed E-state index contributed by atoms with van der Waals surface area (Å²) in [5.41, 5.74) is 1.49. The first-order valence-corrected chi connectivity index (χ1v) is 11.3. The average molecular weight is 429 g/mol. The minimum Gasteiger partial charge on any atom is -0.497 e. The highest BCUT2D eigenvalue weighted by molar-refractivity contribution is 7.98. The second kappa shape index (κ2) is 9.02. The summed E-state index contributed by atoms with van der Waals surface area (Å²) in [4.78, 5) is 13.6. The maximum atomic E-state index is 12.5. The first kappa shape index (κ1) is 20.8. The zero-order chi connectivity index (χ0) is 20.9. The first-order valence-electron chi connectivity index (χ1n) is 8.63. The SMILES string of the molecule is COc1ccc(S(=O)(=O)Nc2ccc(C(=O)Nc3cccc(SC)c3)cc2)cc1. The fourth-order valence-corrected chi connectivity index (χ4v) is 4.08. The van der Waals surface area contributed by atoms with Gasteiger partial charge < -0.3 is 10.1 Å². The van der Waals surface area contributed by atoms with Gasteiger partial charge in [0, 0.05) is 21.8 Å². The third-order valence-corrected chi connectivity index (χ3v) is 6.22. The first-order chi connectivity index (χ1) is 13.9. The number of amides is 1. The van der Waals surface area contributed by atoms with Crippen molar-refractivity contribution < 1.29 is 17.9 Å². The van der Waals surface area contributed by atoms with Gasteiger partial charge in [-0.2, -0.15) is 0 Å². The van der Waals surface area contributed by atoms with Crippen molar-refractivity contribution in [3.8, 4) is 5.75 Å². The molecule has 150 valence electrons. The predicted molar refractivity (Wildman–Crippen MR) is 116 cm³/mol. The standard InChI is InChI=1S/C21H20N2O4S2/c1-27-18-10-12-20(13-11-18)29(25,26)23-16-8-6-15(7-9-16)21(24)22-17-4-3-5-19(14-17)28-2/h3-14,23H,1-2H3,(H,22,24). The molecule has 3 aromatic carbocycles. The number of anilines is 2. The normalized spacial score (nSPS) is 11.0. The zero-order valence-corrected chi connectivity index (χ0v) is 17.5. The molecule has 0 saturated heterocycles. The number of carbonyl (C=O) groups is 1. The van der Waals surface area contributed by atoms with E-state index in [1.807, 2.05) is 30.5 Å². The minimum atomic E-state index is -3.74. The van der Waals surface area contributed by atoms with Crippen LogP contribution >= 0.6 is 11.8 Å². The maximum absolute atomic E-state index is 12.5. The van der Waals surface area contributed by atoms with Gasteiger partial charge in [-0.15, -0.1) is 11.8 Å². The van der Waals surface area contributed by atoms with Crippen LogP contribution in [0.4, 0.5) is 11.4 Å². The lowest BCUT2D eigenvalue weighted by atomic mass is 10.2. The van der Waals surface area contributed by atoms with Gasteiger partial charge in [0.15, 0.2) is 0 Å². The molecule has 0 spiro atoms. The van der Waals surface area contributed by atoms with Crippen LogP contribution < -0.4 is 14.8 Å². The minimum absolute atomic E-state index is 0.119. The van der Waals surface area contributed by atoms with E-state index in [0.717, 1.165) is 4.90 Å². The Balaban J connectivity index is 1.69. The second-order valence-corrected chi connectivity index (χ2v) is 8.61. The summed E-state index contributed by atoms with van der Waals surface area (Å²) < 4.78 is 32.5. The number of methoxy groups -OCH3 is 1. The van der Waals surface area contributed by atoms with Crippen LogP contribution in [0.5, 0.6) is 5.75 Å². The van der Waals surface area contributed by atoms with Gasteiger partial charge >= 0.3 is 0 Å². The van der Waals surface area contributed by atoms with Crippen molar-refractivity contribution in [3.63, 3.8) is 0 Å². The van der Waals surface area contributed by atoms with Gasteiger partial charge in [0.05, 0.1) is 12.0 Å². The molecule has 0 atom stereocenters. The summed E-state index contributed by atoms with van der Waals surface area (Å²) in [6.45, 7) is 0. The highest BCUT2D eigenvalue weighted by Gasteiger charge is 2.15. The van der Waals surface area contributed by atoms with Crippen LogP contribution in [0.2, 0.25) is 0 Å². The lowest BCUT2D eigenvalue weighted by molar-refractivity contribution is 0.102. The van der Waals surface area contributed by atoms with Crippen molar-refractivity contribution in [2.75, 3.05) is 23.4 Å². The number of nitrogens with one attached hydrogen (secondary N) is 2. The summed E-state index contributed by atoms with van der Waals surface area (Å²) in [7, 11) is -2.22. The molecule has 1 amide bonds. The number of benzene rings is 3. The zero-order valence-electron chi connectivity index (χ0n) is 15.9. The number of thioether (sulfide) groups is 1. The van der Waals surface area contributed by atoms with Gasteiger partial charge in [-0.1, -0.05) is 6.07 Å². The molecular formula is C21H20N2O4S2. The topological polar surface area (TPSA) is 84.5 Å². The summed E-state index contributed by atoms with van der Waals surface area (Å²) >= 11 is 1.59. The summed E-state index contributed by atoms with van der Waals surface area (Å²) in [5.74, 6) is 0.301. The Morgan fingerprint density at radius 3 is 2.24 bits per heavy atom. The fraction of sp³-hybridized carbons (Fsp3) is 0.0952. The van der Waals surface area contributed by atoms with Crippen molar-refractivity contribution in [2.45, 2.75) is 9.79 Å². The summed E-state index contributed by atoms with van der Waals surface area (Å²) in [6.07, 6.45) is 1.96. The van der Waals surface area contributed by atoms with Gasteiger partial charge in [-0.3, -0.25) is 9.52 Å². The van der Waals surface area contributed by atoms with Gasteiger partial charge in [0.1, 0.15) is 5.75 Å². The van der Waals surface area contributed by atoms with E-state index in [2.05, 4.69) is 10.0 Å². The van der Waals surface area contributed by atoms with Crippen LogP contribution in [0.15, 0.2) is 82.6 Å². The number of hydrogen-bond donors (Lipinski definition) is 2. The number of ether oxygens (including phenoxy) is 1. The van der Waals surface area contributed by atoms with E-state index in [9.17, 15) is 13.2 Å². The lowest BCUT2D eigenvalue weighted by Crippen LogP contribution is -2.14. The smallest absolute Gasteiger partial charge is 0.261 e. The third kappa shape index (κ3) is 5.30. The van der Waals surface area contributed by atoms with Crippen molar-refractivity contribution in [2.24, 2.45) is 0 Å². The Hall–Kier alpha value is -2.97. The van der Waals surface area contributed by atoms with Gasteiger partial charge in [0.25, 0.3) is 15.9 Å².